The van der Waals surface area contributed by atoms with E-state index in [1.165, 1.54) is 0 Å². The lowest BCUT2D eigenvalue weighted by molar-refractivity contribution is -0.126. The molecule has 150 valence electrons. The van der Waals surface area contributed by atoms with Crippen molar-refractivity contribution in [3.63, 3.8) is 0 Å². The van der Waals surface area contributed by atoms with Gasteiger partial charge < -0.3 is 21.1 Å². The summed E-state index contributed by atoms with van der Waals surface area (Å²) in [6.07, 6.45) is 0.425. The summed E-state index contributed by atoms with van der Waals surface area (Å²) < 4.78 is 0. The Bertz CT molecular complexity index is 722. The fraction of sp³-hybridized carbons (Fsp3) is 0.364. The molecule has 2 aromatic carbocycles. The molecule has 28 heavy (non-hydrogen) atoms. The number of hydrogen-bond donors (Lipinski definition) is 4. The quantitative estimate of drug-likeness (QED) is 0.472. The van der Waals surface area contributed by atoms with Crippen LogP contribution in [0.1, 0.15) is 24.5 Å². The number of carbonyl (C=O) groups is 2. The molecule has 2 amide bonds. The minimum absolute atomic E-state index is 0.117. The molecule has 0 aliphatic carbocycles. The van der Waals surface area contributed by atoms with E-state index in [9.17, 15) is 14.7 Å². The van der Waals surface area contributed by atoms with Crippen molar-refractivity contribution in [1.82, 2.24) is 16.0 Å². The highest BCUT2D eigenvalue weighted by atomic mass is 16.3. The second-order valence-electron chi connectivity index (χ2n) is 6.71. The van der Waals surface area contributed by atoms with Crippen molar-refractivity contribution >= 4 is 11.8 Å². The van der Waals surface area contributed by atoms with Gasteiger partial charge in [0.2, 0.25) is 11.8 Å². The molecule has 0 unspecified atom stereocenters. The zero-order valence-electron chi connectivity index (χ0n) is 16.2. The molecule has 0 spiro atoms. The Morgan fingerprint density at radius 2 is 1.50 bits per heavy atom. The molecule has 4 N–H and O–H groups in total. The Morgan fingerprint density at radius 1 is 0.893 bits per heavy atom. The van der Waals surface area contributed by atoms with Crippen LogP contribution in [0.4, 0.5) is 0 Å². The maximum absolute atomic E-state index is 12.2. The second-order valence-corrected chi connectivity index (χ2v) is 6.71. The molecule has 0 bridgehead atoms. The van der Waals surface area contributed by atoms with Gasteiger partial charge in [0.05, 0.1) is 25.2 Å². The first kappa shape index (κ1) is 21.6. The molecule has 0 saturated carbocycles. The first-order chi connectivity index (χ1) is 13.6. The molecule has 0 aliphatic heterocycles. The van der Waals surface area contributed by atoms with Crippen molar-refractivity contribution in [1.29, 1.82) is 0 Å². The van der Waals surface area contributed by atoms with Crippen molar-refractivity contribution in [2.45, 2.75) is 38.5 Å². The maximum Gasteiger partial charge on any atom is 0.239 e. The highest BCUT2D eigenvalue weighted by molar-refractivity contribution is 5.85. The predicted molar refractivity (Wildman–Crippen MR) is 110 cm³/mol. The fourth-order valence-corrected chi connectivity index (χ4v) is 2.85. The van der Waals surface area contributed by atoms with Gasteiger partial charge in [0.15, 0.2) is 0 Å². The minimum Gasteiger partial charge on any atom is -0.391 e. The Labute approximate surface area is 166 Å². The average Bonchev–Trinajstić information content (AvgIpc) is 2.72. The van der Waals surface area contributed by atoms with Gasteiger partial charge in [0.1, 0.15) is 0 Å². The van der Waals surface area contributed by atoms with Gasteiger partial charge >= 0.3 is 0 Å². The molecule has 0 fully saturated rings. The van der Waals surface area contributed by atoms with E-state index < -0.39 is 12.1 Å². The highest BCUT2D eigenvalue weighted by Gasteiger charge is 2.20. The van der Waals surface area contributed by atoms with Crippen LogP contribution in [0.25, 0.3) is 0 Å². The Morgan fingerprint density at radius 3 is 2.11 bits per heavy atom. The molecule has 0 aromatic heterocycles. The molecular formula is C22H29N3O3. The number of benzene rings is 2. The van der Waals surface area contributed by atoms with Crippen LogP contribution in [-0.4, -0.2) is 42.2 Å². The van der Waals surface area contributed by atoms with Gasteiger partial charge in [-0.15, -0.1) is 0 Å². The van der Waals surface area contributed by atoms with Gasteiger partial charge in [0.25, 0.3) is 0 Å². The van der Waals surface area contributed by atoms with Gasteiger partial charge in [-0.05, 0) is 24.0 Å². The lowest BCUT2D eigenvalue weighted by Gasteiger charge is -2.23. The predicted octanol–water partition coefficient (Wildman–Crippen LogP) is 1.39. The number of amides is 2. The number of carbonyl (C=O) groups excluding carboxylic acids is 2. The largest absolute Gasteiger partial charge is 0.391 e. The number of hydrogen-bond acceptors (Lipinski definition) is 4. The van der Waals surface area contributed by atoms with Crippen LogP contribution in [0.15, 0.2) is 60.7 Å². The normalized spacial score (nSPS) is 12.8. The maximum atomic E-state index is 12.2. The molecule has 0 heterocycles. The molecule has 0 saturated heterocycles. The van der Waals surface area contributed by atoms with E-state index in [0.717, 1.165) is 11.1 Å². The van der Waals surface area contributed by atoms with E-state index >= 15 is 0 Å². The van der Waals surface area contributed by atoms with Gasteiger partial charge in [0, 0.05) is 6.54 Å². The van der Waals surface area contributed by atoms with E-state index in [1.54, 1.807) is 0 Å². The highest BCUT2D eigenvalue weighted by Crippen LogP contribution is 2.08. The number of aliphatic hydroxyl groups excluding tert-OH is 1. The van der Waals surface area contributed by atoms with E-state index in [2.05, 4.69) is 16.0 Å². The monoisotopic (exact) mass is 383 g/mol. The van der Waals surface area contributed by atoms with Gasteiger partial charge in [-0.3, -0.25) is 9.59 Å². The lowest BCUT2D eigenvalue weighted by atomic mass is 9.99. The molecule has 2 atom stereocenters. The summed E-state index contributed by atoms with van der Waals surface area (Å²) in [4.78, 5) is 24.1. The van der Waals surface area contributed by atoms with Crippen LogP contribution >= 0.6 is 0 Å². The average molecular weight is 383 g/mol. The van der Waals surface area contributed by atoms with Crippen molar-refractivity contribution in [2.75, 3.05) is 13.1 Å². The molecule has 0 aliphatic rings. The number of rotatable bonds is 11. The van der Waals surface area contributed by atoms with Crippen molar-refractivity contribution < 1.29 is 14.7 Å². The standard InChI is InChI=1S/C22H29N3O3/c1-2-20(26)19(13-17-9-5-3-6-10-17)25-22(28)16-24-21(27)15-23-14-18-11-7-4-8-12-18/h3-12,19-20,23,26H,2,13-16H2,1H3,(H,24,27)(H,25,28)/t19-,20+/m0/s1. The van der Waals surface area contributed by atoms with Crippen molar-refractivity contribution in [2.24, 2.45) is 0 Å². The third kappa shape index (κ3) is 7.90. The Hall–Kier alpha value is -2.70. The molecule has 2 aromatic rings. The van der Waals surface area contributed by atoms with E-state index in [4.69, 9.17) is 0 Å². The smallest absolute Gasteiger partial charge is 0.239 e. The summed E-state index contributed by atoms with van der Waals surface area (Å²) in [7, 11) is 0. The Balaban J connectivity index is 1.73. The second kappa shape index (κ2) is 11.9. The fourth-order valence-electron chi connectivity index (χ4n) is 2.85. The van der Waals surface area contributed by atoms with E-state index in [1.807, 2.05) is 67.6 Å². The van der Waals surface area contributed by atoms with Crippen molar-refractivity contribution in [3.8, 4) is 0 Å². The van der Waals surface area contributed by atoms with Crippen LogP contribution in [0.3, 0.4) is 0 Å². The minimum atomic E-state index is -0.646. The Kier molecular flexibility index (Phi) is 9.18. The van der Waals surface area contributed by atoms with Gasteiger partial charge in [-0.25, -0.2) is 0 Å². The van der Waals surface area contributed by atoms with Crippen molar-refractivity contribution in [3.05, 3.63) is 71.8 Å². The van der Waals surface area contributed by atoms with Crippen LogP contribution in [0.5, 0.6) is 0 Å². The summed E-state index contributed by atoms with van der Waals surface area (Å²) in [6, 6.07) is 19.1. The van der Waals surface area contributed by atoms with Crippen LogP contribution in [-0.2, 0) is 22.6 Å². The SMILES string of the molecule is CC[C@@H](O)[C@H](Cc1ccccc1)NC(=O)CNC(=O)CNCc1ccccc1. The molecular weight excluding hydrogens is 354 g/mol. The van der Waals surface area contributed by atoms with Gasteiger partial charge in [-0.1, -0.05) is 67.6 Å². The summed E-state index contributed by atoms with van der Waals surface area (Å²) in [5.74, 6) is -0.563. The van der Waals surface area contributed by atoms with E-state index in [-0.39, 0.29) is 24.9 Å². The third-order valence-electron chi connectivity index (χ3n) is 4.43. The summed E-state index contributed by atoms with van der Waals surface area (Å²) in [6.45, 7) is 2.47. The summed E-state index contributed by atoms with van der Waals surface area (Å²) >= 11 is 0. The molecule has 2 rings (SSSR count). The summed E-state index contributed by atoms with van der Waals surface area (Å²) in [5.41, 5.74) is 2.12. The van der Waals surface area contributed by atoms with Crippen LogP contribution in [0.2, 0.25) is 0 Å². The first-order valence-corrected chi connectivity index (χ1v) is 9.61. The summed E-state index contributed by atoms with van der Waals surface area (Å²) in [5, 5.41) is 18.7. The molecule has 0 radical (unpaired) electrons. The van der Waals surface area contributed by atoms with Crippen LogP contribution < -0.4 is 16.0 Å². The molecule has 6 nitrogen and oxygen atoms in total. The zero-order valence-corrected chi connectivity index (χ0v) is 16.2. The topological polar surface area (TPSA) is 90.5 Å². The first-order valence-electron chi connectivity index (χ1n) is 9.61. The number of aliphatic hydroxyl groups is 1. The van der Waals surface area contributed by atoms with Crippen LogP contribution in [0, 0.1) is 0 Å². The van der Waals surface area contributed by atoms with E-state index in [0.29, 0.717) is 19.4 Å². The van der Waals surface area contributed by atoms with Gasteiger partial charge in [-0.2, -0.15) is 0 Å². The third-order valence-corrected chi connectivity index (χ3v) is 4.43. The lowest BCUT2D eigenvalue weighted by Crippen LogP contribution is -2.48. The number of nitrogens with one attached hydrogen (secondary N) is 3. The molecule has 6 heteroatoms. The zero-order chi connectivity index (χ0) is 20.2.